The molecule has 0 fully saturated rings. The molecule has 2 aliphatic heterocycles. The van der Waals surface area contributed by atoms with E-state index in [1.165, 1.54) is 17.1 Å². The first-order valence-electron chi connectivity index (χ1n) is 8.41. The van der Waals surface area contributed by atoms with Crippen LogP contribution in [0.1, 0.15) is 12.6 Å². The lowest BCUT2D eigenvalue weighted by atomic mass is 10.1. The number of carbonyl (C=O) groups is 3. The number of aliphatic carboxylic acids is 1. The number of anilines is 1. The molecule has 2 atom stereocenters. The minimum absolute atomic E-state index is 0.0781. The van der Waals surface area contributed by atoms with Crippen LogP contribution < -0.4 is 11.1 Å². The van der Waals surface area contributed by atoms with Crippen LogP contribution in [-0.2, 0) is 24.0 Å². The average molecular weight is 456 g/mol. The molecule has 13 nitrogen and oxygen atoms in total. The van der Waals surface area contributed by atoms with Crippen LogP contribution in [0.15, 0.2) is 27.1 Å². The van der Waals surface area contributed by atoms with Crippen molar-refractivity contribution in [2.45, 2.75) is 18.4 Å². The molecular weight excluding hydrogens is 440 g/mol. The number of carbonyl (C=O) groups excluding carboxylic acids is 2. The number of hydrogen-bond donors (Lipinski definition) is 3. The molecule has 0 aliphatic carbocycles. The lowest BCUT2D eigenvalue weighted by molar-refractivity contribution is -0.142. The van der Waals surface area contributed by atoms with Gasteiger partial charge in [0.2, 0.25) is 6.61 Å². The number of nitrogen functional groups attached to an aromatic ring is 1. The largest absolute Gasteiger partial charge is 0.479 e. The van der Waals surface area contributed by atoms with Crippen molar-refractivity contribution in [2.24, 2.45) is 10.4 Å². The van der Waals surface area contributed by atoms with Gasteiger partial charge in [-0.2, -0.15) is 0 Å². The first-order valence-corrected chi connectivity index (χ1v) is 10.3. The number of aromatic nitrogens is 1. The lowest BCUT2D eigenvalue weighted by Gasteiger charge is -2.30. The Balaban J connectivity index is 1.72. The van der Waals surface area contributed by atoms with Gasteiger partial charge in [0.25, 0.3) is 5.91 Å². The maximum atomic E-state index is 12.6. The monoisotopic (exact) mass is 456 g/mol. The topological polar surface area (TPSA) is 186 Å². The molecule has 4 N–H and O–H groups in total. The predicted molar refractivity (Wildman–Crippen MR) is 106 cm³/mol. The van der Waals surface area contributed by atoms with E-state index in [4.69, 9.17) is 15.6 Å². The second-order valence-corrected chi connectivity index (χ2v) is 8.06. The minimum Gasteiger partial charge on any atom is -0.479 e. The van der Waals surface area contributed by atoms with Crippen LogP contribution in [0.2, 0.25) is 0 Å². The number of cyclic esters (lactones) is 1. The summed E-state index contributed by atoms with van der Waals surface area (Å²) in [6.07, 6.45) is -0.444. The predicted octanol–water partition coefficient (Wildman–Crippen LogP) is -0.0975. The van der Waals surface area contributed by atoms with Gasteiger partial charge < -0.3 is 25.7 Å². The van der Waals surface area contributed by atoms with Crippen LogP contribution in [0.25, 0.3) is 0 Å². The normalized spacial score (nSPS) is 21.2. The molecule has 15 heteroatoms. The summed E-state index contributed by atoms with van der Waals surface area (Å²) in [5.74, 6) is -2.22. The Morgan fingerprint density at radius 1 is 1.53 bits per heavy atom. The van der Waals surface area contributed by atoms with E-state index in [0.29, 0.717) is 11.3 Å². The van der Waals surface area contributed by atoms with Gasteiger partial charge in [-0.3, -0.25) is 4.79 Å². The Hall–Kier alpha value is -3.20. The third-order valence-corrected chi connectivity index (χ3v) is 5.96. The third kappa shape index (κ3) is 4.51. The van der Waals surface area contributed by atoms with Crippen molar-refractivity contribution >= 4 is 51.8 Å². The second kappa shape index (κ2) is 9.08. The molecule has 0 spiro atoms. The highest BCUT2D eigenvalue weighted by atomic mass is 32.2. The maximum Gasteiger partial charge on any atom is 0.357 e. The quantitative estimate of drug-likeness (QED) is 0.205. The molecule has 1 unspecified atom stereocenters. The number of carboxylic acid groups (broad SMARTS) is 1. The molecular formula is C15H16N6O7S2. The van der Waals surface area contributed by atoms with Gasteiger partial charge in [0, 0.05) is 23.3 Å². The Morgan fingerprint density at radius 3 is 2.93 bits per heavy atom. The van der Waals surface area contributed by atoms with Crippen LogP contribution in [0.4, 0.5) is 5.13 Å². The van der Waals surface area contributed by atoms with Gasteiger partial charge in [-0.15, -0.1) is 28.0 Å². The molecule has 0 saturated heterocycles. The van der Waals surface area contributed by atoms with Gasteiger partial charge in [0.15, 0.2) is 16.5 Å². The number of nitroso groups, excluding NO2 is 1. The highest BCUT2D eigenvalue weighted by Gasteiger charge is 2.42. The number of esters is 1. The third-order valence-electron chi connectivity index (χ3n) is 4.05. The van der Waals surface area contributed by atoms with E-state index in [0.717, 1.165) is 16.3 Å². The SMILES string of the molecule is CC1OC(=O)C2=C1CS[C@H](CNC(=O)/C(=N\OCC(=O)O)c1csc(N)n1)N2N=O. The Labute approximate surface area is 177 Å². The number of nitrogens with zero attached hydrogens (tertiary/aromatic N) is 4. The van der Waals surface area contributed by atoms with Gasteiger partial charge in [0.05, 0.1) is 5.29 Å². The first-order chi connectivity index (χ1) is 14.3. The summed E-state index contributed by atoms with van der Waals surface area (Å²) in [5, 5.41) is 19.6. The Bertz CT molecular complexity index is 946. The van der Waals surface area contributed by atoms with Gasteiger partial charge in [-0.05, 0) is 6.92 Å². The zero-order valence-corrected chi connectivity index (χ0v) is 17.1. The number of oxime groups is 1. The minimum atomic E-state index is -1.27. The summed E-state index contributed by atoms with van der Waals surface area (Å²) < 4.78 is 5.12. The van der Waals surface area contributed by atoms with E-state index >= 15 is 0 Å². The maximum absolute atomic E-state index is 12.6. The number of ether oxygens (including phenoxy) is 1. The number of thiazole rings is 1. The molecule has 0 saturated carbocycles. The zero-order chi connectivity index (χ0) is 21.8. The molecule has 0 bridgehead atoms. The summed E-state index contributed by atoms with van der Waals surface area (Å²) in [6, 6.07) is 0. The molecule has 1 amide bonds. The van der Waals surface area contributed by atoms with Crippen molar-refractivity contribution < 1.29 is 29.1 Å². The van der Waals surface area contributed by atoms with Crippen LogP contribution in [-0.4, -0.2) is 69.0 Å². The van der Waals surface area contributed by atoms with Crippen molar-refractivity contribution in [1.82, 2.24) is 15.3 Å². The zero-order valence-electron chi connectivity index (χ0n) is 15.4. The molecule has 1 aromatic rings. The van der Waals surface area contributed by atoms with E-state index in [-0.39, 0.29) is 28.8 Å². The molecule has 3 rings (SSSR count). The van der Waals surface area contributed by atoms with Gasteiger partial charge in [-0.1, -0.05) is 5.16 Å². The molecule has 160 valence electrons. The molecule has 30 heavy (non-hydrogen) atoms. The van der Waals surface area contributed by atoms with Gasteiger partial charge in [0.1, 0.15) is 17.2 Å². The van der Waals surface area contributed by atoms with Gasteiger partial charge >= 0.3 is 11.9 Å². The fraction of sp³-hybridized carbons (Fsp3) is 0.400. The molecule has 3 heterocycles. The highest BCUT2D eigenvalue weighted by molar-refractivity contribution is 8.00. The van der Waals surface area contributed by atoms with Crippen molar-refractivity contribution in [3.8, 4) is 0 Å². The Morgan fingerprint density at radius 2 is 2.30 bits per heavy atom. The summed E-state index contributed by atoms with van der Waals surface area (Å²) in [5.41, 5.74) is 6.13. The molecule has 1 aromatic heterocycles. The Kier molecular flexibility index (Phi) is 6.51. The van der Waals surface area contributed by atoms with E-state index in [2.05, 4.69) is 25.6 Å². The van der Waals surface area contributed by atoms with E-state index in [9.17, 15) is 19.3 Å². The summed E-state index contributed by atoms with van der Waals surface area (Å²) in [4.78, 5) is 55.2. The van der Waals surface area contributed by atoms with Crippen molar-refractivity contribution in [2.75, 3.05) is 24.6 Å². The molecule has 0 aromatic carbocycles. The standard InChI is InChI=1S/C15H16N6O7S2/c1-6-7-4-29-9(21(20-26)12(7)14(25)28-6)2-17-13(24)11(19-27-3-10(22)23)8-5-30-15(16)18-8/h5-6,9H,2-4H2,1H3,(H2,16,18)(H,17,24)(H,22,23)/b19-11-/t6?,9-/m1/s1. The number of carboxylic acids is 1. The number of nitrogens with two attached hydrogens (primary N) is 1. The van der Waals surface area contributed by atoms with Crippen molar-refractivity contribution in [1.29, 1.82) is 0 Å². The summed E-state index contributed by atoms with van der Waals surface area (Å²) in [7, 11) is 0. The van der Waals surface area contributed by atoms with Crippen LogP contribution in [0.3, 0.4) is 0 Å². The fourth-order valence-corrected chi connectivity index (χ4v) is 4.47. The van der Waals surface area contributed by atoms with Crippen LogP contribution in [0, 0.1) is 4.91 Å². The first kappa shape index (κ1) is 21.5. The summed E-state index contributed by atoms with van der Waals surface area (Å²) in [6.45, 7) is 0.867. The van der Waals surface area contributed by atoms with Crippen LogP contribution in [0.5, 0.6) is 0 Å². The van der Waals surface area contributed by atoms with Crippen molar-refractivity contribution in [3.05, 3.63) is 27.3 Å². The average Bonchev–Trinajstić information content (AvgIpc) is 3.25. The van der Waals surface area contributed by atoms with E-state index in [1.807, 2.05) is 0 Å². The van der Waals surface area contributed by atoms with Crippen LogP contribution >= 0.6 is 23.1 Å². The molecule has 2 aliphatic rings. The number of rotatable bonds is 8. The molecule has 0 radical (unpaired) electrons. The summed E-state index contributed by atoms with van der Waals surface area (Å²) >= 11 is 2.36. The number of amides is 1. The number of nitrogens with one attached hydrogen (secondary N) is 1. The fourth-order valence-electron chi connectivity index (χ4n) is 2.69. The van der Waals surface area contributed by atoms with Crippen molar-refractivity contribution in [3.63, 3.8) is 0 Å². The smallest absolute Gasteiger partial charge is 0.357 e. The lowest BCUT2D eigenvalue weighted by Crippen LogP contribution is -2.44. The van der Waals surface area contributed by atoms with E-state index < -0.39 is 35.9 Å². The van der Waals surface area contributed by atoms with Gasteiger partial charge in [-0.25, -0.2) is 19.6 Å². The second-order valence-electron chi connectivity index (χ2n) is 6.00. The highest BCUT2D eigenvalue weighted by Crippen LogP contribution is 2.37. The number of hydrogen-bond acceptors (Lipinski definition) is 12. The van der Waals surface area contributed by atoms with E-state index in [1.54, 1.807) is 6.92 Å². The number of thioether (sulfide) groups is 1.